The molecule has 8 heteroatoms. The number of ether oxygens (including phenoxy) is 1. The third-order valence-corrected chi connectivity index (χ3v) is 5.28. The largest absolute Gasteiger partial charge is 0.379 e. The molecule has 0 aliphatic carbocycles. The summed E-state index contributed by atoms with van der Waals surface area (Å²) in [4.78, 5) is 21.3. The van der Waals surface area contributed by atoms with Gasteiger partial charge in [-0.05, 0) is 36.2 Å². The Kier molecular flexibility index (Phi) is 7.01. The number of amides is 1. The maximum absolute atomic E-state index is 14.1. The zero-order valence-corrected chi connectivity index (χ0v) is 17.2. The molecular formula is C23H25FN4O3. The maximum atomic E-state index is 14.1. The first kappa shape index (κ1) is 21.1. The van der Waals surface area contributed by atoms with Crippen molar-refractivity contribution in [3.8, 4) is 11.3 Å². The highest BCUT2D eigenvalue weighted by atomic mass is 19.1. The number of carbonyl (C=O) groups excluding carboxylic acids is 1. The average Bonchev–Trinajstić information content (AvgIpc) is 3.30. The van der Waals surface area contributed by atoms with Gasteiger partial charge in [-0.1, -0.05) is 17.3 Å². The van der Waals surface area contributed by atoms with Crippen molar-refractivity contribution in [1.82, 2.24) is 19.9 Å². The van der Waals surface area contributed by atoms with Crippen LogP contribution in [0.4, 0.5) is 4.39 Å². The van der Waals surface area contributed by atoms with Gasteiger partial charge in [-0.2, -0.15) is 0 Å². The summed E-state index contributed by atoms with van der Waals surface area (Å²) < 4.78 is 24.7. The van der Waals surface area contributed by atoms with Gasteiger partial charge in [0.25, 0.3) is 5.91 Å². The van der Waals surface area contributed by atoms with E-state index >= 15 is 0 Å². The number of hydrogen-bond donors (Lipinski definition) is 0. The van der Waals surface area contributed by atoms with Gasteiger partial charge < -0.3 is 14.2 Å². The van der Waals surface area contributed by atoms with E-state index in [1.165, 1.54) is 12.1 Å². The second-order valence-corrected chi connectivity index (χ2v) is 7.45. The fourth-order valence-corrected chi connectivity index (χ4v) is 3.60. The van der Waals surface area contributed by atoms with Gasteiger partial charge in [-0.15, -0.1) is 0 Å². The van der Waals surface area contributed by atoms with Crippen LogP contribution in [0.25, 0.3) is 11.3 Å². The molecule has 1 aromatic carbocycles. The van der Waals surface area contributed by atoms with Gasteiger partial charge in [0.15, 0.2) is 11.5 Å². The monoisotopic (exact) mass is 424 g/mol. The lowest BCUT2D eigenvalue weighted by Crippen LogP contribution is -2.39. The average molecular weight is 424 g/mol. The van der Waals surface area contributed by atoms with Crippen LogP contribution in [0.15, 0.2) is 59.4 Å². The topological polar surface area (TPSA) is 71.7 Å². The quantitative estimate of drug-likeness (QED) is 0.553. The molecule has 1 fully saturated rings. The minimum absolute atomic E-state index is 0.165. The molecule has 7 nitrogen and oxygen atoms in total. The summed E-state index contributed by atoms with van der Waals surface area (Å²) in [7, 11) is 0. The lowest BCUT2D eigenvalue weighted by Gasteiger charge is -2.28. The molecule has 31 heavy (non-hydrogen) atoms. The lowest BCUT2D eigenvalue weighted by molar-refractivity contribution is 0.0355. The van der Waals surface area contributed by atoms with Crippen molar-refractivity contribution in [3.05, 3.63) is 71.9 Å². The molecule has 0 unspecified atom stereocenters. The predicted molar refractivity (Wildman–Crippen MR) is 113 cm³/mol. The summed E-state index contributed by atoms with van der Waals surface area (Å²) in [6.45, 7) is 5.21. The number of rotatable bonds is 8. The number of morpholine rings is 1. The Bertz CT molecular complexity index is 989. The van der Waals surface area contributed by atoms with Crippen LogP contribution in [-0.2, 0) is 11.3 Å². The lowest BCUT2D eigenvalue weighted by atomic mass is 10.1. The molecule has 4 rings (SSSR count). The molecule has 1 amide bonds. The van der Waals surface area contributed by atoms with Crippen LogP contribution in [0.5, 0.6) is 0 Å². The Balaban J connectivity index is 1.47. The highest BCUT2D eigenvalue weighted by Gasteiger charge is 2.22. The zero-order valence-electron chi connectivity index (χ0n) is 17.2. The van der Waals surface area contributed by atoms with Crippen LogP contribution in [0.1, 0.15) is 22.5 Å². The van der Waals surface area contributed by atoms with Crippen LogP contribution in [0, 0.1) is 5.82 Å². The van der Waals surface area contributed by atoms with Crippen molar-refractivity contribution in [2.45, 2.75) is 13.0 Å². The fourth-order valence-electron chi connectivity index (χ4n) is 3.60. The molecule has 1 aliphatic heterocycles. The summed E-state index contributed by atoms with van der Waals surface area (Å²) in [5, 5.41) is 3.92. The zero-order chi connectivity index (χ0) is 21.5. The Hall–Kier alpha value is -3.10. The summed E-state index contributed by atoms with van der Waals surface area (Å²) in [6.07, 6.45) is 4.24. The van der Waals surface area contributed by atoms with Gasteiger partial charge in [0.1, 0.15) is 5.82 Å². The van der Waals surface area contributed by atoms with Crippen LogP contribution >= 0.6 is 0 Å². The molecule has 2 aromatic heterocycles. The smallest absolute Gasteiger partial charge is 0.276 e. The van der Waals surface area contributed by atoms with E-state index in [2.05, 4.69) is 15.0 Å². The summed E-state index contributed by atoms with van der Waals surface area (Å²) in [5.41, 5.74) is 1.42. The van der Waals surface area contributed by atoms with E-state index < -0.39 is 5.82 Å². The summed E-state index contributed by atoms with van der Waals surface area (Å²) in [6, 6.07) is 11.5. The van der Waals surface area contributed by atoms with Gasteiger partial charge in [0, 0.05) is 51.2 Å². The number of halogens is 1. The molecular weight excluding hydrogens is 399 g/mol. The van der Waals surface area contributed by atoms with Crippen molar-refractivity contribution in [2.75, 3.05) is 39.4 Å². The maximum Gasteiger partial charge on any atom is 0.276 e. The first-order valence-electron chi connectivity index (χ1n) is 10.4. The van der Waals surface area contributed by atoms with Gasteiger partial charge in [-0.25, -0.2) is 4.39 Å². The minimum Gasteiger partial charge on any atom is -0.379 e. The van der Waals surface area contributed by atoms with Gasteiger partial charge >= 0.3 is 0 Å². The number of pyridine rings is 1. The second-order valence-electron chi connectivity index (χ2n) is 7.45. The van der Waals surface area contributed by atoms with E-state index in [0.29, 0.717) is 13.1 Å². The molecule has 0 N–H and O–H groups in total. The summed E-state index contributed by atoms with van der Waals surface area (Å²) in [5.74, 6) is -0.430. The Morgan fingerprint density at radius 1 is 1.13 bits per heavy atom. The third-order valence-electron chi connectivity index (χ3n) is 5.28. The number of benzene rings is 1. The highest BCUT2D eigenvalue weighted by molar-refractivity contribution is 5.93. The van der Waals surface area contributed by atoms with Gasteiger partial charge in [-0.3, -0.25) is 14.7 Å². The van der Waals surface area contributed by atoms with Crippen LogP contribution < -0.4 is 0 Å². The molecule has 162 valence electrons. The molecule has 0 atom stereocenters. The van der Waals surface area contributed by atoms with Crippen molar-refractivity contribution in [3.63, 3.8) is 0 Å². The van der Waals surface area contributed by atoms with Crippen LogP contribution in [0.2, 0.25) is 0 Å². The van der Waals surface area contributed by atoms with Crippen molar-refractivity contribution in [1.29, 1.82) is 0 Å². The van der Waals surface area contributed by atoms with E-state index in [0.717, 1.165) is 44.8 Å². The van der Waals surface area contributed by atoms with Crippen molar-refractivity contribution in [2.24, 2.45) is 0 Å². The predicted octanol–water partition coefficient (Wildman–Crippen LogP) is 3.24. The van der Waals surface area contributed by atoms with Crippen molar-refractivity contribution >= 4 is 5.91 Å². The number of hydrogen-bond acceptors (Lipinski definition) is 6. The van der Waals surface area contributed by atoms with E-state index in [4.69, 9.17) is 9.26 Å². The molecule has 1 aliphatic rings. The number of carbonyl (C=O) groups is 1. The van der Waals surface area contributed by atoms with Crippen LogP contribution in [0.3, 0.4) is 0 Å². The van der Waals surface area contributed by atoms with Gasteiger partial charge in [0.2, 0.25) is 0 Å². The second kappa shape index (κ2) is 10.3. The third kappa shape index (κ3) is 5.53. The molecule has 3 aromatic rings. The Morgan fingerprint density at radius 2 is 1.90 bits per heavy atom. The number of aromatic nitrogens is 2. The minimum atomic E-state index is -0.420. The molecule has 0 radical (unpaired) electrons. The van der Waals surface area contributed by atoms with E-state index in [1.807, 2.05) is 12.1 Å². The first-order valence-corrected chi connectivity index (χ1v) is 10.4. The molecule has 0 spiro atoms. The van der Waals surface area contributed by atoms with E-state index in [9.17, 15) is 9.18 Å². The Labute approximate surface area is 180 Å². The normalized spacial score (nSPS) is 14.5. The van der Waals surface area contributed by atoms with Crippen LogP contribution in [-0.4, -0.2) is 65.2 Å². The number of nitrogens with zero attached hydrogens (tertiary/aromatic N) is 4. The van der Waals surface area contributed by atoms with E-state index in [-0.39, 0.29) is 22.9 Å². The SMILES string of the molecule is O=C(c1cc(-c2ccccc2F)on1)N(CCCN1CCOCC1)Cc1ccncc1. The summed E-state index contributed by atoms with van der Waals surface area (Å²) >= 11 is 0. The standard InChI is InChI=1S/C23H25FN4O3/c24-20-5-2-1-4-19(20)22-16-21(26-31-22)23(29)28(17-18-6-8-25-9-7-18)11-3-10-27-12-14-30-15-13-27/h1-2,4-9,16H,3,10-15,17H2. The van der Waals surface area contributed by atoms with Crippen molar-refractivity contribution < 1.29 is 18.4 Å². The fraction of sp³-hybridized carbons (Fsp3) is 0.348. The Morgan fingerprint density at radius 3 is 2.68 bits per heavy atom. The van der Waals surface area contributed by atoms with Gasteiger partial charge in [0.05, 0.1) is 18.8 Å². The van der Waals surface area contributed by atoms with E-state index in [1.54, 1.807) is 35.5 Å². The molecule has 1 saturated heterocycles. The molecule has 0 saturated carbocycles. The molecule has 0 bridgehead atoms. The first-order chi connectivity index (χ1) is 15.2. The highest BCUT2D eigenvalue weighted by Crippen LogP contribution is 2.24. The molecule has 3 heterocycles.